The van der Waals surface area contributed by atoms with Gasteiger partial charge in [-0.1, -0.05) is 0 Å². The molecule has 0 aliphatic carbocycles. The fourth-order valence-corrected chi connectivity index (χ4v) is 3.61. The Kier molecular flexibility index (Phi) is 4.28. The predicted molar refractivity (Wildman–Crippen MR) is 84.7 cm³/mol. The Labute approximate surface area is 126 Å². The van der Waals surface area contributed by atoms with Crippen LogP contribution in [0.2, 0.25) is 0 Å². The van der Waals surface area contributed by atoms with Crippen molar-refractivity contribution in [1.29, 1.82) is 5.26 Å². The molecule has 1 aromatic heterocycles. The minimum atomic E-state index is 0.245. The molecule has 0 aliphatic heterocycles. The maximum atomic E-state index is 8.86. The van der Waals surface area contributed by atoms with E-state index in [1.807, 2.05) is 29.5 Å². The van der Waals surface area contributed by atoms with E-state index in [1.165, 1.54) is 15.3 Å². The van der Waals surface area contributed by atoms with Gasteiger partial charge in [0.25, 0.3) is 0 Å². The van der Waals surface area contributed by atoms with Crippen LogP contribution in [0.25, 0.3) is 0 Å². The summed E-state index contributed by atoms with van der Waals surface area (Å²) in [7, 11) is 0. The standard InChI is InChI=1S/C15H15BrN2S/c1-9-6-13(11(3)19-9)10(2)18-15-5-4-12(8-17)7-14(15)16/h4-7,10,18H,1-3H3. The van der Waals surface area contributed by atoms with Crippen molar-refractivity contribution < 1.29 is 0 Å². The summed E-state index contributed by atoms with van der Waals surface area (Å²) in [4.78, 5) is 2.68. The van der Waals surface area contributed by atoms with E-state index in [0.717, 1.165) is 10.2 Å². The second kappa shape index (κ2) is 5.77. The summed E-state index contributed by atoms with van der Waals surface area (Å²) in [6, 6.07) is 10.2. The number of hydrogen-bond donors (Lipinski definition) is 1. The molecule has 2 aromatic rings. The molecule has 1 unspecified atom stereocenters. The normalized spacial score (nSPS) is 11.9. The van der Waals surface area contributed by atoms with Gasteiger partial charge in [0.2, 0.25) is 0 Å². The van der Waals surface area contributed by atoms with Crippen molar-refractivity contribution in [2.75, 3.05) is 5.32 Å². The van der Waals surface area contributed by atoms with Crippen LogP contribution in [-0.4, -0.2) is 0 Å². The summed E-state index contributed by atoms with van der Waals surface area (Å²) in [5, 5.41) is 12.3. The smallest absolute Gasteiger partial charge is 0.0992 e. The van der Waals surface area contributed by atoms with Gasteiger partial charge in [0.15, 0.2) is 0 Å². The van der Waals surface area contributed by atoms with Crippen LogP contribution in [0.4, 0.5) is 5.69 Å². The predicted octanol–water partition coefficient (Wildman–Crippen LogP) is 5.17. The van der Waals surface area contributed by atoms with Gasteiger partial charge in [-0.15, -0.1) is 11.3 Å². The number of nitrogens with zero attached hydrogens (tertiary/aromatic N) is 1. The van der Waals surface area contributed by atoms with Gasteiger partial charge in [-0.3, -0.25) is 0 Å². The number of rotatable bonds is 3. The first-order chi connectivity index (χ1) is 9.01. The van der Waals surface area contributed by atoms with E-state index in [2.05, 4.69) is 54.2 Å². The fourth-order valence-electron chi connectivity index (χ4n) is 2.09. The number of halogens is 1. The molecule has 1 N–H and O–H groups in total. The monoisotopic (exact) mass is 334 g/mol. The molecule has 2 nitrogen and oxygen atoms in total. The Bertz CT molecular complexity index is 640. The molecule has 98 valence electrons. The van der Waals surface area contributed by atoms with E-state index >= 15 is 0 Å². The summed E-state index contributed by atoms with van der Waals surface area (Å²) < 4.78 is 0.919. The van der Waals surface area contributed by atoms with Gasteiger partial charge in [0, 0.05) is 26.0 Å². The average Bonchev–Trinajstić information content (AvgIpc) is 2.71. The zero-order chi connectivity index (χ0) is 14.0. The lowest BCUT2D eigenvalue weighted by Gasteiger charge is -2.16. The molecule has 1 atom stereocenters. The van der Waals surface area contributed by atoms with Gasteiger partial charge in [-0.05, 0) is 66.5 Å². The summed E-state index contributed by atoms with van der Waals surface area (Å²) in [6.07, 6.45) is 0. The zero-order valence-electron chi connectivity index (χ0n) is 11.1. The van der Waals surface area contributed by atoms with Crippen molar-refractivity contribution in [2.45, 2.75) is 26.8 Å². The highest BCUT2D eigenvalue weighted by Gasteiger charge is 2.12. The molecule has 0 bridgehead atoms. The van der Waals surface area contributed by atoms with Crippen LogP contribution >= 0.6 is 27.3 Å². The van der Waals surface area contributed by atoms with Gasteiger partial charge < -0.3 is 5.32 Å². The number of anilines is 1. The largest absolute Gasteiger partial charge is 0.378 e. The first-order valence-corrected chi connectivity index (χ1v) is 7.65. The molecule has 0 amide bonds. The second-order valence-electron chi connectivity index (χ2n) is 4.54. The minimum absolute atomic E-state index is 0.245. The number of thiophene rings is 1. The molecule has 4 heteroatoms. The van der Waals surface area contributed by atoms with Crippen LogP contribution < -0.4 is 5.32 Å². The van der Waals surface area contributed by atoms with E-state index in [9.17, 15) is 0 Å². The number of nitrogens with one attached hydrogen (secondary N) is 1. The molecule has 0 fully saturated rings. The average molecular weight is 335 g/mol. The van der Waals surface area contributed by atoms with E-state index in [0.29, 0.717) is 5.56 Å². The second-order valence-corrected chi connectivity index (χ2v) is 6.86. The number of aryl methyl sites for hydroxylation is 2. The lowest BCUT2D eigenvalue weighted by molar-refractivity contribution is 0.880. The van der Waals surface area contributed by atoms with E-state index in [4.69, 9.17) is 5.26 Å². The molecule has 0 saturated carbocycles. The van der Waals surface area contributed by atoms with Crippen molar-refractivity contribution in [3.63, 3.8) is 0 Å². The fraction of sp³-hybridized carbons (Fsp3) is 0.267. The summed E-state index contributed by atoms with van der Waals surface area (Å²) in [6.45, 7) is 6.43. The van der Waals surface area contributed by atoms with Crippen LogP contribution in [-0.2, 0) is 0 Å². The van der Waals surface area contributed by atoms with Crippen molar-refractivity contribution in [1.82, 2.24) is 0 Å². The maximum absolute atomic E-state index is 8.86. The maximum Gasteiger partial charge on any atom is 0.0992 e. The Hall–Kier alpha value is -1.31. The van der Waals surface area contributed by atoms with Crippen molar-refractivity contribution in [3.8, 4) is 6.07 Å². The minimum Gasteiger partial charge on any atom is -0.378 e. The van der Waals surface area contributed by atoms with Gasteiger partial charge in [-0.2, -0.15) is 5.26 Å². The highest BCUT2D eigenvalue weighted by Crippen LogP contribution is 2.31. The van der Waals surface area contributed by atoms with E-state index < -0.39 is 0 Å². The third-order valence-electron chi connectivity index (χ3n) is 3.02. The Morgan fingerprint density at radius 2 is 2.05 bits per heavy atom. The Morgan fingerprint density at radius 1 is 1.32 bits per heavy atom. The van der Waals surface area contributed by atoms with E-state index in [1.54, 1.807) is 0 Å². The number of benzene rings is 1. The Balaban J connectivity index is 2.22. The number of hydrogen-bond acceptors (Lipinski definition) is 3. The molecule has 0 spiro atoms. The lowest BCUT2D eigenvalue weighted by Crippen LogP contribution is -2.07. The molecule has 1 aromatic carbocycles. The highest BCUT2D eigenvalue weighted by atomic mass is 79.9. The van der Waals surface area contributed by atoms with Crippen LogP contribution in [0.1, 0.15) is 33.8 Å². The van der Waals surface area contributed by atoms with Gasteiger partial charge >= 0.3 is 0 Å². The summed E-state index contributed by atoms with van der Waals surface area (Å²) >= 11 is 5.33. The molecule has 19 heavy (non-hydrogen) atoms. The lowest BCUT2D eigenvalue weighted by atomic mass is 10.1. The number of nitriles is 1. The van der Waals surface area contributed by atoms with Gasteiger partial charge in [0.05, 0.1) is 11.6 Å². The first-order valence-electron chi connectivity index (χ1n) is 6.04. The van der Waals surface area contributed by atoms with Crippen LogP contribution in [0.5, 0.6) is 0 Å². The van der Waals surface area contributed by atoms with E-state index in [-0.39, 0.29) is 6.04 Å². The molecular weight excluding hydrogens is 320 g/mol. The van der Waals surface area contributed by atoms with Crippen LogP contribution in [0, 0.1) is 25.2 Å². The summed E-state index contributed by atoms with van der Waals surface area (Å²) in [5.41, 5.74) is 3.00. The SMILES string of the molecule is Cc1cc(C(C)Nc2ccc(C#N)cc2Br)c(C)s1. The first kappa shape index (κ1) is 14.1. The quantitative estimate of drug-likeness (QED) is 0.840. The topological polar surface area (TPSA) is 35.8 Å². The van der Waals surface area contributed by atoms with Crippen molar-refractivity contribution in [3.05, 3.63) is 49.6 Å². The van der Waals surface area contributed by atoms with Crippen molar-refractivity contribution >= 4 is 33.0 Å². The molecule has 0 radical (unpaired) electrons. The summed E-state index contributed by atoms with van der Waals surface area (Å²) in [5.74, 6) is 0. The molecule has 0 saturated heterocycles. The van der Waals surface area contributed by atoms with Crippen LogP contribution in [0.3, 0.4) is 0 Å². The molecule has 1 heterocycles. The third-order valence-corrected chi connectivity index (χ3v) is 4.65. The Morgan fingerprint density at radius 3 is 2.58 bits per heavy atom. The van der Waals surface area contributed by atoms with Crippen LogP contribution in [0.15, 0.2) is 28.7 Å². The molecule has 0 aliphatic rings. The third kappa shape index (κ3) is 3.17. The van der Waals surface area contributed by atoms with Crippen molar-refractivity contribution in [2.24, 2.45) is 0 Å². The zero-order valence-corrected chi connectivity index (χ0v) is 13.5. The highest BCUT2D eigenvalue weighted by molar-refractivity contribution is 9.10. The van der Waals surface area contributed by atoms with Gasteiger partial charge in [-0.25, -0.2) is 0 Å². The van der Waals surface area contributed by atoms with Gasteiger partial charge in [0.1, 0.15) is 0 Å². The molecule has 2 rings (SSSR count). The molecular formula is C15H15BrN2S.